The minimum Gasteiger partial charge on any atom is -0.356 e. The highest BCUT2D eigenvalue weighted by atomic mass is 35.5. The first-order valence-electron chi connectivity index (χ1n) is 9.27. The van der Waals surface area contributed by atoms with Crippen LogP contribution < -0.4 is 15.5 Å². The number of hydrogen-bond acceptors (Lipinski definition) is 5. The maximum absolute atomic E-state index is 5.91. The minimum absolute atomic E-state index is 0.773. The Kier molecular flexibility index (Phi) is 8.10. The number of anilines is 1. The van der Waals surface area contributed by atoms with Gasteiger partial charge in [0.15, 0.2) is 11.1 Å². The summed E-state index contributed by atoms with van der Waals surface area (Å²) in [6.45, 7) is 3.97. The van der Waals surface area contributed by atoms with Crippen LogP contribution in [0.1, 0.15) is 18.5 Å². The van der Waals surface area contributed by atoms with Gasteiger partial charge in [-0.3, -0.25) is 4.99 Å². The average Bonchev–Trinajstić information content (AvgIpc) is 3.36. The standard InChI is InChI=1S/C19H26ClN5S2/c1-21-18(23-10-13-26-17-6-4-15(20)5-7-17)22-9-8-16-14-27-19(24-16)25-11-2-3-12-25/h4-7,14H,2-3,8-13H2,1H3,(H2,21,22,23). The van der Waals surface area contributed by atoms with E-state index in [1.807, 2.05) is 24.3 Å². The fourth-order valence-corrected chi connectivity index (χ4v) is 4.67. The van der Waals surface area contributed by atoms with Crippen LogP contribution in [0, 0.1) is 0 Å². The van der Waals surface area contributed by atoms with Gasteiger partial charge in [0.05, 0.1) is 5.69 Å². The van der Waals surface area contributed by atoms with E-state index in [0.29, 0.717) is 0 Å². The average molecular weight is 424 g/mol. The SMILES string of the molecule is CN=C(NCCSc1ccc(Cl)cc1)NCCc1csc(N2CCCC2)n1. The summed E-state index contributed by atoms with van der Waals surface area (Å²) in [7, 11) is 1.80. The number of aliphatic imine (C=N–C) groups is 1. The lowest BCUT2D eigenvalue weighted by Gasteiger charge is -2.12. The molecule has 2 aromatic rings. The Morgan fingerprint density at radius 1 is 1.22 bits per heavy atom. The number of thioether (sulfide) groups is 1. The number of nitrogens with zero attached hydrogens (tertiary/aromatic N) is 3. The van der Waals surface area contributed by atoms with Crippen molar-refractivity contribution < 1.29 is 0 Å². The predicted molar refractivity (Wildman–Crippen MR) is 119 cm³/mol. The Balaban J connectivity index is 1.32. The summed E-state index contributed by atoms with van der Waals surface area (Å²) >= 11 is 9.47. The molecule has 1 fully saturated rings. The van der Waals surface area contributed by atoms with Crippen molar-refractivity contribution in [3.05, 3.63) is 40.4 Å². The molecule has 27 heavy (non-hydrogen) atoms. The number of benzene rings is 1. The molecule has 146 valence electrons. The van der Waals surface area contributed by atoms with Gasteiger partial charge < -0.3 is 15.5 Å². The molecule has 2 heterocycles. The van der Waals surface area contributed by atoms with E-state index in [2.05, 4.69) is 25.9 Å². The second-order valence-electron chi connectivity index (χ2n) is 6.29. The zero-order valence-corrected chi connectivity index (χ0v) is 18.0. The molecule has 0 unspecified atom stereocenters. The van der Waals surface area contributed by atoms with E-state index < -0.39 is 0 Å². The van der Waals surface area contributed by atoms with Crippen LogP contribution in [0.5, 0.6) is 0 Å². The van der Waals surface area contributed by atoms with Gasteiger partial charge in [-0.05, 0) is 37.1 Å². The van der Waals surface area contributed by atoms with Crippen LogP contribution in [-0.2, 0) is 6.42 Å². The summed E-state index contributed by atoms with van der Waals surface area (Å²) in [5.41, 5.74) is 1.16. The topological polar surface area (TPSA) is 52.6 Å². The highest BCUT2D eigenvalue weighted by Gasteiger charge is 2.15. The van der Waals surface area contributed by atoms with Crippen molar-refractivity contribution in [2.75, 3.05) is 43.9 Å². The fourth-order valence-electron chi connectivity index (χ4n) is 2.86. The third-order valence-corrected chi connectivity index (χ3v) is 6.51. The van der Waals surface area contributed by atoms with Crippen LogP contribution in [0.2, 0.25) is 5.02 Å². The van der Waals surface area contributed by atoms with Gasteiger partial charge in [-0.15, -0.1) is 23.1 Å². The van der Waals surface area contributed by atoms with E-state index in [0.717, 1.165) is 55.0 Å². The number of hydrogen-bond donors (Lipinski definition) is 2. The molecule has 1 aliphatic rings. The molecule has 0 aliphatic carbocycles. The zero-order valence-electron chi connectivity index (χ0n) is 15.6. The second-order valence-corrected chi connectivity index (χ2v) is 8.74. The quantitative estimate of drug-likeness (QED) is 0.292. The number of guanidine groups is 1. The summed E-state index contributed by atoms with van der Waals surface area (Å²) in [4.78, 5) is 12.7. The lowest BCUT2D eigenvalue weighted by Crippen LogP contribution is -2.39. The third kappa shape index (κ3) is 6.59. The molecule has 1 aromatic heterocycles. The molecule has 0 saturated carbocycles. The van der Waals surface area contributed by atoms with Gasteiger partial charge in [-0.1, -0.05) is 11.6 Å². The summed E-state index contributed by atoms with van der Waals surface area (Å²) in [5.74, 6) is 1.80. The first-order chi connectivity index (χ1) is 13.2. The summed E-state index contributed by atoms with van der Waals surface area (Å²) < 4.78 is 0. The van der Waals surface area contributed by atoms with Gasteiger partial charge in [-0.2, -0.15) is 0 Å². The fraction of sp³-hybridized carbons (Fsp3) is 0.474. The lowest BCUT2D eigenvalue weighted by atomic mass is 10.3. The number of halogens is 1. The van der Waals surface area contributed by atoms with Gasteiger partial charge in [0, 0.05) is 60.7 Å². The molecule has 0 radical (unpaired) electrons. The molecule has 8 heteroatoms. The molecule has 1 aliphatic heterocycles. The smallest absolute Gasteiger partial charge is 0.191 e. The largest absolute Gasteiger partial charge is 0.356 e. The van der Waals surface area contributed by atoms with Gasteiger partial charge >= 0.3 is 0 Å². The molecule has 1 saturated heterocycles. The minimum atomic E-state index is 0.773. The van der Waals surface area contributed by atoms with Crippen molar-refractivity contribution in [2.45, 2.75) is 24.2 Å². The Hall–Kier alpha value is -1.44. The van der Waals surface area contributed by atoms with Crippen molar-refractivity contribution in [1.82, 2.24) is 15.6 Å². The Labute approximate surface area is 174 Å². The van der Waals surface area contributed by atoms with Gasteiger partial charge in [0.2, 0.25) is 0 Å². The summed E-state index contributed by atoms with van der Waals surface area (Å²) in [6, 6.07) is 7.94. The molecule has 0 atom stereocenters. The Morgan fingerprint density at radius 2 is 1.96 bits per heavy atom. The van der Waals surface area contributed by atoms with Crippen molar-refractivity contribution in [2.24, 2.45) is 4.99 Å². The van der Waals surface area contributed by atoms with Crippen LogP contribution >= 0.6 is 34.7 Å². The van der Waals surface area contributed by atoms with E-state index in [9.17, 15) is 0 Å². The Bertz CT molecular complexity index is 726. The van der Waals surface area contributed by atoms with E-state index in [-0.39, 0.29) is 0 Å². The number of aromatic nitrogens is 1. The van der Waals surface area contributed by atoms with Crippen LogP contribution in [0.15, 0.2) is 39.5 Å². The van der Waals surface area contributed by atoms with Crippen LogP contribution in [0.4, 0.5) is 5.13 Å². The summed E-state index contributed by atoms with van der Waals surface area (Å²) in [6.07, 6.45) is 3.48. The molecular formula is C19H26ClN5S2. The molecule has 3 rings (SSSR count). The molecule has 0 amide bonds. The Morgan fingerprint density at radius 3 is 2.70 bits per heavy atom. The zero-order chi connectivity index (χ0) is 18.9. The molecule has 2 N–H and O–H groups in total. The van der Waals surface area contributed by atoms with E-state index in [1.165, 1.54) is 22.9 Å². The first kappa shape index (κ1) is 20.3. The van der Waals surface area contributed by atoms with Crippen LogP contribution in [0.25, 0.3) is 0 Å². The van der Waals surface area contributed by atoms with Gasteiger partial charge in [-0.25, -0.2) is 4.98 Å². The van der Waals surface area contributed by atoms with Gasteiger partial charge in [0.25, 0.3) is 0 Å². The first-order valence-corrected chi connectivity index (χ1v) is 11.5. The van der Waals surface area contributed by atoms with E-state index >= 15 is 0 Å². The van der Waals surface area contributed by atoms with Crippen molar-refractivity contribution >= 4 is 45.8 Å². The maximum atomic E-state index is 5.91. The van der Waals surface area contributed by atoms with Crippen molar-refractivity contribution in [3.63, 3.8) is 0 Å². The van der Waals surface area contributed by atoms with Crippen LogP contribution in [-0.4, -0.2) is 49.9 Å². The molecule has 5 nitrogen and oxygen atoms in total. The van der Waals surface area contributed by atoms with Crippen LogP contribution in [0.3, 0.4) is 0 Å². The highest BCUT2D eigenvalue weighted by Crippen LogP contribution is 2.24. The van der Waals surface area contributed by atoms with Gasteiger partial charge in [0.1, 0.15) is 0 Å². The van der Waals surface area contributed by atoms with E-state index in [1.54, 1.807) is 30.1 Å². The molecule has 0 bridgehead atoms. The number of nitrogens with one attached hydrogen (secondary N) is 2. The normalized spacial score (nSPS) is 14.6. The molecule has 0 spiro atoms. The maximum Gasteiger partial charge on any atom is 0.191 e. The van der Waals surface area contributed by atoms with Crippen molar-refractivity contribution in [3.8, 4) is 0 Å². The predicted octanol–water partition coefficient (Wildman–Crippen LogP) is 3.90. The second kappa shape index (κ2) is 10.8. The van der Waals surface area contributed by atoms with E-state index in [4.69, 9.17) is 16.6 Å². The summed E-state index contributed by atoms with van der Waals surface area (Å²) in [5, 5.41) is 10.8. The highest BCUT2D eigenvalue weighted by molar-refractivity contribution is 7.99. The third-order valence-electron chi connectivity index (χ3n) is 4.29. The van der Waals surface area contributed by atoms with Crippen molar-refractivity contribution in [1.29, 1.82) is 0 Å². The lowest BCUT2D eigenvalue weighted by molar-refractivity contribution is 0.800. The molecule has 1 aromatic carbocycles. The molecular weight excluding hydrogens is 398 g/mol. The number of thiazole rings is 1. The monoisotopic (exact) mass is 423 g/mol. The number of rotatable bonds is 8.